The normalized spacial score (nSPS) is 16.2. The summed E-state index contributed by atoms with van der Waals surface area (Å²) >= 11 is 0. The van der Waals surface area contributed by atoms with Gasteiger partial charge in [-0.25, -0.2) is 9.98 Å². The Balaban J connectivity index is 0.883. The standard InChI is InChI=1S/C68H44N4/c1-3-16-43(17-4-1)44-30-34-48(35-31-44)66-69-65(47-19-5-2-6-20-47)70-67(71-66)49-36-32-46(33-37-49)63-51-21-8-7-18-45(51)38-40-52(63)50-39-41-54-53-22-9-11-25-57(53)68(60(54)42-50)58-26-12-14-29-62(58)72-61-28-13-10-23-55(61)56-24-15-27-59(68)64(56)72/h1-42,67H,(H,69,70,71). The van der Waals surface area contributed by atoms with Gasteiger partial charge in [-0.2, -0.15) is 0 Å². The van der Waals surface area contributed by atoms with Gasteiger partial charge in [0, 0.05) is 21.9 Å². The number of benzene rings is 11. The number of rotatable bonds is 6. The van der Waals surface area contributed by atoms with Crippen LogP contribution in [0.4, 0.5) is 0 Å². The van der Waals surface area contributed by atoms with Crippen molar-refractivity contribution in [1.29, 1.82) is 0 Å². The van der Waals surface area contributed by atoms with Crippen molar-refractivity contribution in [2.24, 2.45) is 9.98 Å². The molecule has 72 heavy (non-hydrogen) atoms. The predicted molar refractivity (Wildman–Crippen MR) is 297 cm³/mol. The van der Waals surface area contributed by atoms with E-state index in [-0.39, 0.29) is 0 Å². The molecule has 2 aliphatic heterocycles. The minimum atomic E-state index is -0.543. The van der Waals surface area contributed by atoms with Crippen LogP contribution in [0.25, 0.3) is 82.8 Å². The molecule has 336 valence electrons. The molecule has 3 heterocycles. The molecule has 12 aromatic rings. The highest BCUT2D eigenvalue weighted by Crippen LogP contribution is 2.61. The highest BCUT2D eigenvalue weighted by atomic mass is 15.2. The Morgan fingerprint density at radius 3 is 1.72 bits per heavy atom. The average molecular weight is 917 g/mol. The van der Waals surface area contributed by atoms with Gasteiger partial charge in [0.1, 0.15) is 11.7 Å². The van der Waals surface area contributed by atoms with Crippen LogP contribution in [0.3, 0.4) is 0 Å². The SMILES string of the molecule is c1ccc(C2=NC(c3ccc(-c4c(-c5ccc6c(c5)C5(c7ccccc7-6)c6ccccc6-n6c7ccccc7c7cccc5c76)ccc5ccccc45)cc3)N=C(c3ccc(-c4ccccc4)cc3)N2)cc1. The molecule has 0 amide bonds. The number of hydrogen-bond donors (Lipinski definition) is 1. The van der Waals surface area contributed by atoms with E-state index in [0.717, 1.165) is 33.9 Å². The predicted octanol–water partition coefficient (Wildman–Crippen LogP) is 16.1. The summed E-state index contributed by atoms with van der Waals surface area (Å²) in [7, 11) is 0. The van der Waals surface area contributed by atoms with Crippen molar-refractivity contribution in [2.45, 2.75) is 11.6 Å². The number of hydrogen-bond acceptors (Lipinski definition) is 3. The first kappa shape index (κ1) is 40.5. The molecular formula is C68H44N4. The van der Waals surface area contributed by atoms with Crippen molar-refractivity contribution in [1.82, 2.24) is 9.88 Å². The van der Waals surface area contributed by atoms with Gasteiger partial charge in [-0.05, 0) is 101 Å². The zero-order valence-electron chi connectivity index (χ0n) is 39.2. The van der Waals surface area contributed by atoms with Gasteiger partial charge in [0.05, 0.1) is 22.1 Å². The van der Waals surface area contributed by atoms with Crippen LogP contribution in [-0.2, 0) is 5.41 Å². The maximum absolute atomic E-state index is 5.28. The number of aliphatic imine (C=N–C) groups is 2. The topological polar surface area (TPSA) is 41.7 Å². The lowest BCUT2D eigenvalue weighted by Crippen LogP contribution is -2.36. The molecule has 0 saturated heterocycles. The van der Waals surface area contributed by atoms with Crippen LogP contribution in [0.5, 0.6) is 0 Å². The molecule has 2 atom stereocenters. The number of nitrogens with one attached hydrogen (secondary N) is 1. The first-order valence-electron chi connectivity index (χ1n) is 24.8. The van der Waals surface area contributed by atoms with E-state index < -0.39 is 11.6 Å². The third-order valence-corrected chi connectivity index (χ3v) is 15.5. The Morgan fingerprint density at radius 2 is 0.917 bits per heavy atom. The molecule has 3 aliphatic rings. The van der Waals surface area contributed by atoms with Gasteiger partial charge < -0.3 is 9.88 Å². The lowest BCUT2D eigenvalue weighted by molar-refractivity contribution is 0.749. The minimum absolute atomic E-state index is 0.442. The van der Waals surface area contributed by atoms with E-state index in [1.54, 1.807) is 0 Å². The molecule has 0 fully saturated rings. The number of nitrogens with zero attached hydrogens (tertiary/aromatic N) is 3. The van der Waals surface area contributed by atoms with Crippen molar-refractivity contribution in [2.75, 3.05) is 0 Å². The van der Waals surface area contributed by atoms with Crippen LogP contribution in [-0.4, -0.2) is 16.2 Å². The third-order valence-electron chi connectivity index (χ3n) is 15.5. The molecule has 15 rings (SSSR count). The Hall–Kier alpha value is -9.38. The van der Waals surface area contributed by atoms with Gasteiger partial charge in [-0.15, -0.1) is 0 Å². The molecule has 0 bridgehead atoms. The second-order valence-electron chi connectivity index (χ2n) is 19.2. The number of fused-ring (bicyclic) bond motifs is 13. The number of para-hydroxylation sites is 3. The van der Waals surface area contributed by atoms with Gasteiger partial charge in [0.15, 0.2) is 6.17 Å². The van der Waals surface area contributed by atoms with Crippen molar-refractivity contribution >= 4 is 44.2 Å². The zero-order chi connectivity index (χ0) is 47.3. The molecule has 1 spiro atoms. The summed E-state index contributed by atoms with van der Waals surface area (Å²) in [6, 6.07) is 93.2. The molecule has 11 aromatic carbocycles. The smallest absolute Gasteiger partial charge is 0.169 e. The van der Waals surface area contributed by atoms with Gasteiger partial charge >= 0.3 is 0 Å². The van der Waals surface area contributed by atoms with Crippen LogP contribution < -0.4 is 5.32 Å². The van der Waals surface area contributed by atoms with Gasteiger partial charge in [-0.1, -0.05) is 237 Å². The molecule has 2 unspecified atom stereocenters. The third kappa shape index (κ3) is 5.93. The monoisotopic (exact) mass is 916 g/mol. The molecule has 0 radical (unpaired) electrons. The number of amidine groups is 2. The fourth-order valence-corrected chi connectivity index (χ4v) is 12.3. The highest BCUT2D eigenvalue weighted by Gasteiger charge is 2.51. The minimum Gasteiger partial charge on any atom is -0.324 e. The van der Waals surface area contributed by atoms with Gasteiger partial charge in [0.25, 0.3) is 0 Å². The summed E-state index contributed by atoms with van der Waals surface area (Å²) in [6.45, 7) is 0. The molecule has 4 heteroatoms. The summed E-state index contributed by atoms with van der Waals surface area (Å²) in [5.74, 6) is 1.59. The van der Waals surface area contributed by atoms with Crippen molar-refractivity contribution in [3.8, 4) is 50.2 Å². The lowest BCUT2D eigenvalue weighted by Gasteiger charge is -2.39. The second-order valence-corrected chi connectivity index (χ2v) is 19.2. The fraction of sp³-hybridized carbons (Fsp3) is 0.0294. The summed E-state index contributed by atoms with van der Waals surface area (Å²) in [5.41, 5.74) is 21.2. The first-order valence-corrected chi connectivity index (χ1v) is 24.8. The quantitative estimate of drug-likeness (QED) is 0.177. The van der Waals surface area contributed by atoms with E-state index in [0.29, 0.717) is 0 Å². The van der Waals surface area contributed by atoms with Crippen LogP contribution in [0.15, 0.2) is 265 Å². The zero-order valence-corrected chi connectivity index (χ0v) is 39.2. The van der Waals surface area contributed by atoms with Crippen LogP contribution in [0, 0.1) is 0 Å². The molecule has 4 nitrogen and oxygen atoms in total. The van der Waals surface area contributed by atoms with Crippen molar-refractivity contribution in [3.05, 3.63) is 294 Å². The lowest BCUT2D eigenvalue weighted by atomic mass is 9.65. The Labute approximate surface area is 417 Å². The maximum Gasteiger partial charge on any atom is 0.169 e. The molecule has 0 saturated carbocycles. The van der Waals surface area contributed by atoms with E-state index >= 15 is 0 Å². The summed E-state index contributed by atoms with van der Waals surface area (Å²) in [4.78, 5) is 10.5. The average Bonchev–Trinajstić information content (AvgIpc) is 3.96. The van der Waals surface area contributed by atoms with Crippen molar-refractivity contribution < 1.29 is 0 Å². The first-order chi connectivity index (χ1) is 35.7. The molecule has 1 aromatic heterocycles. The molecule has 1 N–H and O–H groups in total. The van der Waals surface area contributed by atoms with Gasteiger partial charge in [0.2, 0.25) is 0 Å². The van der Waals surface area contributed by atoms with E-state index in [1.165, 1.54) is 99.5 Å². The van der Waals surface area contributed by atoms with E-state index in [9.17, 15) is 0 Å². The van der Waals surface area contributed by atoms with Crippen LogP contribution in [0.1, 0.15) is 45.1 Å². The number of aromatic nitrogens is 1. The highest BCUT2D eigenvalue weighted by molar-refractivity contribution is 6.16. The second kappa shape index (κ2) is 15.8. The van der Waals surface area contributed by atoms with Crippen LogP contribution >= 0.6 is 0 Å². The summed E-state index contributed by atoms with van der Waals surface area (Å²) in [5, 5.41) is 8.57. The summed E-state index contributed by atoms with van der Waals surface area (Å²) < 4.78 is 2.52. The maximum atomic E-state index is 5.28. The molecule has 1 aliphatic carbocycles. The molecular weight excluding hydrogens is 873 g/mol. The Bertz CT molecular complexity index is 4220. The van der Waals surface area contributed by atoms with Crippen LogP contribution in [0.2, 0.25) is 0 Å². The Kier molecular flexibility index (Phi) is 8.90. The fourth-order valence-electron chi connectivity index (χ4n) is 12.3. The largest absolute Gasteiger partial charge is 0.324 e. The van der Waals surface area contributed by atoms with Gasteiger partial charge in [-0.3, -0.25) is 0 Å². The van der Waals surface area contributed by atoms with Crippen molar-refractivity contribution in [3.63, 3.8) is 0 Å². The van der Waals surface area contributed by atoms with E-state index in [4.69, 9.17) is 9.98 Å². The van der Waals surface area contributed by atoms with E-state index in [1.807, 2.05) is 6.07 Å². The summed E-state index contributed by atoms with van der Waals surface area (Å²) in [6.07, 6.45) is -0.442. The Morgan fingerprint density at radius 1 is 0.361 bits per heavy atom. The van der Waals surface area contributed by atoms with E-state index in [2.05, 4.69) is 259 Å².